The molecule has 0 radical (unpaired) electrons. The molecule has 0 N–H and O–H groups in total. The Bertz CT molecular complexity index is 1350. The Morgan fingerprint density at radius 2 is 1.11 bits per heavy atom. The van der Waals surface area contributed by atoms with E-state index < -0.39 is 0 Å². The Kier molecular flexibility index (Phi) is 6.16. The third-order valence-electron chi connectivity index (χ3n) is 7.88. The van der Waals surface area contributed by atoms with E-state index in [-0.39, 0.29) is 11.8 Å². The summed E-state index contributed by atoms with van der Waals surface area (Å²) in [6.07, 6.45) is 1.97. The lowest BCUT2D eigenvalue weighted by Gasteiger charge is -2.43. The lowest BCUT2D eigenvalue weighted by atomic mass is 9.95. The van der Waals surface area contributed by atoms with Crippen LogP contribution in [0.15, 0.2) is 84.9 Å². The van der Waals surface area contributed by atoms with Crippen molar-refractivity contribution in [3.63, 3.8) is 0 Å². The van der Waals surface area contributed by atoms with Gasteiger partial charge in [-0.15, -0.1) is 0 Å². The van der Waals surface area contributed by atoms with Gasteiger partial charge in [0, 0.05) is 50.9 Å². The Balaban J connectivity index is 1.12. The Labute approximate surface area is 211 Å². The summed E-state index contributed by atoms with van der Waals surface area (Å²) in [6.45, 7) is 4.82. The van der Waals surface area contributed by atoms with Crippen molar-refractivity contribution in [1.29, 1.82) is 0 Å². The van der Waals surface area contributed by atoms with E-state index in [0.717, 1.165) is 84.8 Å². The van der Waals surface area contributed by atoms with Crippen molar-refractivity contribution in [2.45, 2.75) is 18.9 Å². The molecule has 2 heterocycles. The first-order chi connectivity index (χ1) is 17.7. The molecule has 4 aromatic carbocycles. The van der Waals surface area contributed by atoms with Crippen molar-refractivity contribution < 1.29 is 9.59 Å². The van der Waals surface area contributed by atoms with Crippen molar-refractivity contribution in [3.8, 4) is 0 Å². The van der Waals surface area contributed by atoms with Crippen LogP contribution >= 0.6 is 0 Å². The van der Waals surface area contributed by atoms with Gasteiger partial charge < -0.3 is 9.80 Å². The highest BCUT2D eigenvalue weighted by Gasteiger charge is 2.31. The zero-order valence-corrected chi connectivity index (χ0v) is 20.5. The van der Waals surface area contributed by atoms with Crippen LogP contribution in [0.5, 0.6) is 0 Å². The van der Waals surface area contributed by atoms with Gasteiger partial charge in [0.2, 0.25) is 0 Å². The van der Waals surface area contributed by atoms with Crippen molar-refractivity contribution >= 4 is 33.4 Å². The maximum absolute atomic E-state index is 13.8. The minimum Gasteiger partial charge on any atom is -0.339 e. The number of carbonyl (C=O) groups is 2. The number of likely N-dealkylation sites (tertiary alicyclic amines) is 1. The maximum Gasteiger partial charge on any atom is 0.255 e. The molecule has 2 aliphatic heterocycles. The molecule has 0 unspecified atom stereocenters. The molecule has 2 fully saturated rings. The number of hydrogen-bond acceptors (Lipinski definition) is 3. The summed E-state index contributed by atoms with van der Waals surface area (Å²) < 4.78 is 0. The summed E-state index contributed by atoms with van der Waals surface area (Å²) in [7, 11) is 0. The quantitative estimate of drug-likeness (QED) is 0.388. The lowest BCUT2D eigenvalue weighted by molar-refractivity contribution is 0.0414. The standard InChI is InChI=1S/C31H31N3O2/c35-30(23-8-2-1-3-9-23)33-16-14-26(15-17-33)32-18-20-34(21-19-32)31(36)29-27-12-6-4-10-24(27)22-25-11-5-7-13-28(25)29/h1-13,22,26H,14-21H2. The van der Waals surface area contributed by atoms with E-state index in [2.05, 4.69) is 35.2 Å². The van der Waals surface area contributed by atoms with Gasteiger partial charge >= 0.3 is 0 Å². The van der Waals surface area contributed by atoms with Crippen molar-refractivity contribution in [2.75, 3.05) is 39.3 Å². The average molecular weight is 478 g/mol. The van der Waals surface area contributed by atoms with E-state index >= 15 is 0 Å². The molecule has 2 amide bonds. The van der Waals surface area contributed by atoms with Gasteiger partial charge in [0.15, 0.2) is 0 Å². The predicted molar refractivity (Wildman–Crippen MR) is 144 cm³/mol. The molecule has 2 aliphatic rings. The van der Waals surface area contributed by atoms with Crippen LogP contribution in [0, 0.1) is 0 Å². The van der Waals surface area contributed by atoms with Gasteiger partial charge in [-0.1, -0.05) is 66.7 Å². The number of nitrogens with zero attached hydrogens (tertiary/aromatic N) is 3. The molecule has 2 saturated heterocycles. The summed E-state index contributed by atoms with van der Waals surface area (Å²) >= 11 is 0. The van der Waals surface area contributed by atoms with Crippen LogP contribution in [-0.4, -0.2) is 71.8 Å². The minimum absolute atomic E-state index is 0.130. The smallest absolute Gasteiger partial charge is 0.255 e. The van der Waals surface area contributed by atoms with E-state index in [1.165, 1.54) is 0 Å². The van der Waals surface area contributed by atoms with Crippen LogP contribution in [0.2, 0.25) is 0 Å². The number of fused-ring (bicyclic) bond motifs is 2. The second kappa shape index (κ2) is 9.75. The van der Waals surface area contributed by atoms with Crippen LogP contribution in [-0.2, 0) is 0 Å². The zero-order chi connectivity index (χ0) is 24.5. The summed E-state index contributed by atoms with van der Waals surface area (Å²) in [5.74, 6) is 0.262. The van der Waals surface area contributed by atoms with Gasteiger partial charge in [0.05, 0.1) is 5.56 Å². The third kappa shape index (κ3) is 4.24. The largest absolute Gasteiger partial charge is 0.339 e. The molecule has 0 aromatic heterocycles. The Morgan fingerprint density at radius 1 is 0.583 bits per heavy atom. The first-order valence-corrected chi connectivity index (χ1v) is 13.0. The average Bonchev–Trinajstić information content (AvgIpc) is 2.96. The van der Waals surface area contributed by atoms with Gasteiger partial charge in [0.25, 0.3) is 11.8 Å². The SMILES string of the molecule is O=C(c1ccccc1)N1CCC(N2CCN(C(=O)c3c4ccccc4cc4ccccc34)CC2)CC1. The number of hydrogen-bond donors (Lipinski definition) is 0. The second-order valence-corrected chi connectivity index (χ2v) is 9.91. The van der Waals surface area contributed by atoms with Gasteiger partial charge in [-0.05, 0) is 52.6 Å². The molecular weight excluding hydrogens is 446 g/mol. The molecule has 0 saturated carbocycles. The molecule has 0 bridgehead atoms. The van der Waals surface area contributed by atoms with E-state index in [1.807, 2.05) is 64.4 Å². The van der Waals surface area contributed by atoms with Crippen molar-refractivity contribution in [3.05, 3.63) is 96.1 Å². The minimum atomic E-state index is 0.130. The van der Waals surface area contributed by atoms with E-state index in [1.54, 1.807) is 0 Å². The first-order valence-electron chi connectivity index (χ1n) is 13.0. The predicted octanol–water partition coefficient (Wildman–Crippen LogP) is 5.06. The zero-order valence-electron chi connectivity index (χ0n) is 20.5. The summed E-state index contributed by atoms with van der Waals surface area (Å²) in [4.78, 5) is 33.1. The molecule has 36 heavy (non-hydrogen) atoms. The van der Waals surface area contributed by atoms with E-state index in [4.69, 9.17) is 0 Å². The molecular formula is C31H31N3O2. The number of amides is 2. The van der Waals surface area contributed by atoms with Gasteiger partial charge in [-0.2, -0.15) is 0 Å². The monoisotopic (exact) mass is 477 g/mol. The molecule has 5 heteroatoms. The van der Waals surface area contributed by atoms with Crippen LogP contribution in [0.3, 0.4) is 0 Å². The van der Waals surface area contributed by atoms with Gasteiger partial charge in [-0.3, -0.25) is 14.5 Å². The number of piperidine rings is 1. The highest BCUT2D eigenvalue weighted by Crippen LogP contribution is 2.30. The Morgan fingerprint density at radius 3 is 1.72 bits per heavy atom. The molecule has 0 aliphatic carbocycles. The van der Waals surface area contributed by atoms with E-state index in [9.17, 15) is 9.59 Å². The number of piperazine rings is 1. The topological polar surface area (TPSA) is 43.9 Å². The van der Waals surface area contributed by atoms with Crippen LogP contribution in [0.1, 0.15) is 33.6 Å². The van der Waals surface area contributed by atoms with Crippen LogP contribution < -0.4 is 0 Å². The normalized spacial score (nSPS) is 17.6. The molecule has 182 valence electrons. The Hall–Kier alpha value is -3.70. The summed E-state index contributed by atoms with van der Waals surface area (Å²) in [6, 6.07) is 28.6. The fraction of sp³-hybridized carbons (Fsp3) is 0.290. The van der Waals surface area contributed by atoms with Crippen molar-refractivity contribution in [2.24, 2.45) is 0 Å². The molecule has 5 nitrogen and oxygen atoms in total. The summed E-state index contributed by atoms with van der Waals surface area (Å²) in [5, 5.41) is 4.27. The number of benzene rings is 4. The second-order valence-electron chi connectivity index (χ2n) is 9.91. The molecule has 0 spiro atoms. The molecule has 6 rings (SSSR count). The van der Waals surface area contributed by atoms with Gasteiger partial charge in [0.1, 0.15) is 0 Å². The van der Waals surface area contributed by atoms with Crippen LogP contribution in [0.25, 0.3) is 21.5 Å². The van der Waals surface area contributed by atoms with Crippen LogP contribution in [0.4, 0.5) is 0 Å². The van der Waals surface area contributed by atoms with Crippen molar-refractivity contribution in [1.82, 2.24) is 14.7 Å². The molecule has 4 aromatic rings. The highest BCUT2D eigenvalue weighted by molar-refractivity contribution is 6.18. The summed E-state index contributed by atoms with van der Waals surface area (Å²) in [5.41, 5.74) is 1.59. The maximum atomic E-state index is 13.8. The number of carbonyl (C=O) groups excluding carboxylic acids is 2. The number of rotatable bonds is 3. The highest BCUT2D eigenvalue weighted by atomic mass is 16.2. The first kappa shape index (κ1) is 22.7. The molecule has 0 atom stereocenters. The fourth-order valence-corrected chi connectivity index (χ4v) is 5.89. The van der Waals surface area contributed by atoms with E-state index in [0.29, 0.717) is 6.04 Å². The lowest BCUT2D eigenvalue weighted by Crippen LogP contribution is -2.54. The third-order valence-corrected chi connectivity index (χ3v) is 7.88. The fourth-order valence-electron chi connectivity index (χ4n) is 5.89. The van der Waals surface area contributed by atoms with Gasteiger partial charge in [-0.25, -0.2) is 0 Å².